The first-order chi connectivity index (χ1) is 12.6. The van der Waals surface area contributed by atoms with Crippen LogP contribution in [0, 0.1) is 6.92 Å². The van der Waals surface area contributed by atoms with Crippen LogP contribution in [0.5, 0.6) is 17.2 Å². The molecule has 0 unspecified atom stereocenters. The first-order valence-electron chi connectivity index (χ1n) is 8.40. The Morgan fingerprint density at radius 2 is 1.38 bits per heavy atom. The van der Waals surface area contributed by atoms with Crippen LogP contribution >= 0.6 is 0 Å². The maximum absolute atomic E-state index is 5.39. The molecule has 0 amide bonds. The highest BCUT2D eigenvalue weighted by molar-refractivity contribution is 5.79. The van der Waals surface area contributed by atoms with Crippen molar-refractivity contribution in [2.24, 2.45) is 4.99 Å². The summed E-state index contributed by atoms with van der Waals surface area (Å²) in [5.74, 6) is 2.57. The van der Waals surface area contributed by atoms with Gasteiger partial charge < -0.3 is 24.8 Å². The monoisotopic (exact) mass is 357 g/mol. The quantitative estimate of drug-likeness (QED) is 0.589. The van der Waals surface area contributed by atoms with E-state index < -0.39 is 0 Å². The summed E-state index contributed by atoms with van der Waals surface area (Å²) in [5.41, 5.74) is 3.45. The molecule has 0 fully saturated rings. The van der Waals surface area contributed by atoms with Crippen LogP contribution in [0.4, 0.5) is 0 Å². The van der Waals surface area contributed by atoms with Crippen molar-refractivity contribution >= 4 is 5.96 Å². The number of guanidine groups is 1. The number of aliphatic imine (C=N–C) groups is 1. The lowest BCUT2D eigenvalue weighted by molar-refractivity contribution is 0.323. The maximum Gasteiger partial charge on any atom is 0.203 e. The minimum absolute atomic E-state index is 0.574. The number of hydrogen-bond donors (Lipinski definition) is 2. The van der Waals surface area contributed by atoms with Crippen molar-refractivity contribution in [3.8, 4) is 17.2 Å². The van der Waals surface area contributed by atoms with Gasteiger partial charge in [0.25, 0.3) is 0 Å². The van der Waals surface area contributed by atoms with Crippen LogP contribution in [0.3, 0.4) is 0 Å². The lowest BCUT2D eigenvalue weighted by atomic mass is 10.1. The zero-order chi connectivity index (χ0) is 18.9. The highest BCUT2D eigenvalue weighted by Crippen LogP contribution is 2.38. The van der Waals surface area contributed by atoms with Crippen LogP contribution in [0.25, 0.3) is 0 Å². The molecule has 0 saturated carbocycles. The van der Waals surface area contributed by atoms with E-state index in [1.165, 1.54) is 11.1 Å². The van der Waals surface area contributed by atoms with E-state index in [2.05, 4.69) is 46.8 Å². The fourth-order valence-corrected chi connectivity index (χ4v) is 2.54. The molecule has 140 valence electrons. The second kappa shape index (κ2) is 9.56. The third kappa shape index (κ3) is 5.05. The molecule has 2 rings (SSSR count). The number of nitrogens with zero attached hydrogens (tertiary/aromatic N) is 1. The summed E-state index contributed by atoms with van der Waals surface area (Å²) in [5, 5.41) is 6.60. The van der Waals surface area contributed by atoms with Gasteiger partial charge in [-0.3, -0.25) is 4.99 Å². The van der Waals surface area contributed by atoms with Gasteiger partial charge in [0.2, 0.25) is 5.75 Å². The minimum Gasteiger partial charge on any atom is -0.493 e. The van der Waals surface area contributed by atoms with E-state index in [0.717, 1.165) is 11.5 Å². The topological polar surface area (TPSA) is 64.1 Å². The first kappa shape index (κ1) is 19.4. The molecular formula is C20H27N3O3. The molecule has 26 heavy (non-hydrogen) atoms. The number of ether oxygens (including phenoxy) is 3. The number of hydrogen-bond acceptors (Lipinski definition) is 4. The van der Waals surface area contributed by atoms with E-state index in [-0.39, 0.29) is 0 Å². The highest BCUT2D eigenvalue weighted by atomic mass is 16.5. The van der Waals surface area contributed by atoms with Crippen LogP contribution < -0.4 is 24.8 Å². The largest absolute Gasteiger partial charge is 0.493 e. The Kier molecular flexibility index (Phi) is 7.14. The molecule has 0 aliphatic rings. The molecule has 6 nitrogen and oxygen atoms in total. The predicted octanol–water partition coefficient (Wildman–Crippen LogP) is 2.89. The standard InChI is InChI=1S/C20H27N3O3/c1-14-6-8-15(9-7-14)12-22-20(21-2)23-13-16-10-17(24-3)19(26-5)18(11-16)25-4/h6-11H,12-13H2,1-5H3,(H2,21,22,23). The molecule has 0 spiro atoms. The van der Waals surface area contributed by atoms with E-state index in [1.807, 2.05) is 12.1 Å². The number of aryl methyl sites for hydroxylation is 1. The molecule has 0 aliphatic heterocycles. The summed E-state index contributed by atoms with van der Waals surface area (Å²) >= 11 is 0. The van der Waals surface area contributed by atoms with Gasteiger partial charge in [-0.05, 0) is 30.2 Å². The number of nitrogens with one attached hydrogen (secondary N) is 2. The van der Waals surface area contributed by atoms with E-state index in [4.69, 9.17) is 14.2 Å². The Hall–Kier alpha value is -2.89. The lowest BCUT2D eigenvalue weighted by Crippen LogP contribution is -2.36. The molecule has 0 bridgehead atoms. The van der Waals surface area contributed by atoms with Gasteiger partial charge in [0.15, 0.2) is 17.5 Å². The summed E-state index contributed by atoms with van der Waals surface area (Å²) < 4.78 is 16.1. The second-order valence-corrected chi connectivity index (χ2v) is 5.80. The number of methoxy groups -OCH3 is 3. The van der Waals surface area contributed by atoms with Gasteiger partial charge in [0.05, 0.1) is 21.3 Å². The second-order valence-electron chi connectivity index (χ2n) is 5.80. The normalized spacial score (nSPS) is 11.0. The fourth-order valence-electron chi connectivity index (χ4n) is 2.54. The fraction of sp³-hybridized carbons (Fsp3) is 0.350. The van der Waals surface area contributed by atoms with Crippen molar-refractivity contribution in [3.05, 3.63) is 53.1 Å². The van der Waals surface area contributed by atoms with E-state index in [9.17, 15) is 0 Å². The van der Waals surface area contributed by atoms with Crippen LogP contribution in [-0.2, 0) is 13.1 Å². The van der Waals surface area contributed by atoms with E-state index >= 15 is 0 Å². The first-order valence-corrected chi connectivity index (χ1v) is 8.40. The Bertz CT molecular complexity index is 717. The molecule has 0 radical (unpaired) electrons. The van der Waals surface area contributed by atoms with Gasteiger partial charge >= 0.3 is 0 Å². The van der Waals surface area contributed by atoms with Crippen LogP contribution in [0.1, 0.15) is 16.7 Å². The average Bonchev–Trinajstić information content (AvgIpc) is 2.68. The summed E-state index contributed by atoms with van der Waals surface area (Å²) in [6.07, 6.45) is 0. The smallest absolute Gasteiger partial charge is 0.203 e. The molecule has 2 aromatic carbocycles. The van der Waals surface area contributed by atoms with Crippen molar-refractivity contribution in [2.75, 3.05) is 28.4 Å². The summed E-state index contributed by atoms with van der Waals surface area (Å²) in [6.45, 7) is 3.36. The third-order valence-corrected chi connectivity index (χ3v) is 3.99. The van der Waals surface area contributed by atoms with Crippen LogP contribution in [0.15, 0.2) is 41.4 Å². The predicted molar refractivity (Wildman–Crippen MR) is 104 cm³/mol. The van der Waals surface area contributed by atoms with Crippen LogP contribution in [0.2, 0.25) is 0 Å². The van der Waals surface area contributed by atoms with Gasteiger partial charge in [-0.2, -0.15) is 0 Å². The zero-order valence-electron chi connectivity index (χ0n) is 16.1. The van der Waals surface area contributed by atoms with Crippen molar-refractivity contribution in [2.45, 2.75) is 20.0 Å². The average molecular weight is 357 g/mol. The SMILES string of the molecule is CN=C(NCc1ccc(C)cc1)NCc1cc(OC)c(OC)c(OC)c1. The molecule has 0 heterocycles. The van der Waals surface area contributed by atoms with Crippen molar-refractivity contribution in [3.63, 3.8) is 0 Å². The molecular weight excluding hydrogens is 330 g/mol. The lowest BCUT2D eigenvalue weighted by Gasteiger charge is -2.16. The number of rotatable bonds is 7. The molecule has 0 aromatic heterocycles. The van der Waals surface area contributed by atoms with Gasteiger partial charge in [0.1, 0.15) is 0 Å². The summed E-state index contributed by atoms with van der Waals surface area (Å²) in [6, 6.07) is 12.2. The van der Waals surface area contributed by atoms with Gasteiger partial charge in [0, 0.05) is 20.1 Å². The Morgan fingerprint density at radius 3 is 1.85 bits per heavy atom. The van der Waals surface area contributed by atoms with Gasteiger partial charge in [-0.25, -0.2) is 0 Å². The van der Waals surface area contributed by atoms with E-state index in [1.54, 1.807) is 28.4 Å². The summed E-state index contributed by atoms with van der Waals surface area (Å²) in [4.78, 5) is 4.26. The van der Waals surface area contributed by atoms with E-state index in [0.29, 0.717) is 30.3 Å². The maximum atomic E-state index is 5.39. The molecule has 0 saturated heterocycles. The Balaban J connectivity index is 2.00. The molecule has 0 aliphatic carbocycles. The van der Waals surface area contributed by atoms with Gasteiger partial charge in [-0.1, -0.05) is 29.8 Å². The Labute approximate surface area is 155 Å². The van der Waals surface area contributed by atoms with Gasteiger partial charge in [-0.15, -0.1) is 0 Å². The molecule has 6 heteroatoms. The van der Waals surface area contributed by atoms with Crippen molar-refractivity contribution in [1.29, 1.82) is 0 Å². The molecule has 2 N–H and O–H groups in total. The van der Waals surface area contributed by atoms with Crippen molar-refractivity contribution < 1.29 is 14.2 Å². The third-order valence-electron chi connectivity index (χ3n) is 3.99. The molecule has 2 aromatic rings. The minimum atomic E-state index is 0.574. The van der Waals surface area contributed by atoms with Crippen LogP contribution in [-0.4, -0.2) is 34.3 Å². The Morgan fingerprint density at radius 1 is 0.846 bits per heavy atom. The zero-order valence-corrected chi connectivity index (χ0v) is 16.1. The summed E-state index contributed by atoms with van der Waals surface area (Å²) in [7, 11) is 6.56. The molecule has 0 atom stereocenters. The highest BCUT2D eigenvalue weighted by Gasteiger charge is 2.13. The number of benzene rings is 2. The van der Waals surface area contributed by atoms with Crippen molar-refractivity contribution in [1.82, 2.24) is 10.6 Å².